The Morgan fingerprint density at radius 1 is 1.54 bits per heavy atom. The maximum Gasteiger partial charge on any atom is 0.338 e. The van der Waals surface area contributed by atoms with Crippen LogP contribution in [-0.4, -0.2) is 18.1 Å². The average molecular weight is 177 g/mol. The summed E-state index contributed by atoms with van der Waals surface area (Å²) < 4.78 is 4.69. The van der Waals surface area contributed by atoms with Crippen molar-refractivity contribution < 1.29 is 9.53 Å². The number of aromatic nitrogens is 1. The molecular formula is C10H11NO2. The van der Waals surface area contributed by atoms with Gasteiger partial charge in [-0.3, -0.25) is 4.98 Å². The summed E-state index contributed by atoms with van der Waals surface area (Å²) in [5, 5.41) is 0. The van der Waals surface area contributed by atoms with Crippen LogP contribution in [0.4, 0.5) is 0 Å². The minimum atomic E-state index is -0.249. The van der Waals surface area contributed by atoms with Crippen LogP contribution < -0.4 is 0 Å². The van der Waals surface area contributed by atoms with Crippen molar-refractivity contribution >= 4 is 5.97 Å². The molecule has 0 saturated heterocycles. The van der Waals surface area contributed by atoms with E-state index < -0.39 is 0 Å². The summed E-state index contributed by atoms with van der Waals surface area (Å²) in [6.45, 7) is 0. The third-order valence-corrected chi connectivity index (χ3v) is 2.39. The zero-order chi connectivity index (χ0) is 9.26. The Morgan fingerprint density at radius 2 is 2.38 bits per heavy atom. The van der Waals surface area contributed by atoms with Gasteiger partial charge in [-0.25, -0.2) is 4.79 Å². The fourth-order valence-electron chi connectivity index (χ4n) is 1.76. The Kier molecular flexibility index (Phi) is 2.00. The van der Waals surface area contributed by atoms with Gasteiger partial charge in [0.05, 0.1) is 12.7 Å². The van der Waals surface area contributed by atoms with Crippen molar-refractivity contribution in [2.75, 3.05) is 7.11 Å². The molecule has 1 heterocycles. The molecule has 0 radical (unpaired) electrons. The van der Waals surface area contributed by atoms with E-state index in [-0.39, 0.29) is 5.97 Å². The summed E-state index contributed by atoms with van der Waals surface area (Å²) >= 11 is 0. The molecule has 1 aromatic rings. The lowest BCUT2D eigenvalue weighted by atomic mass is 10.1. The lowest BCUT2D eigenvalue weighted by molar-refractivity contribution is 0.0599. The molecule has 2 rings (SSSR count). The topological polar surface area (TPSA) is 39.2 Å². The lowest BCUT2D eigenvalue weighted by Crippen LogP contribution is -2.06. The van der Waals surface area contributed by atoms with Crippen LogP contribution in [0.25, 0.3) is 0 Å². The predicted octanol–water partition coefficient (Wildman–Crippen LogP) is 1.36. The SMILES string of the molecule is COC(=O)c1ccnc2c1CCC2. The van der Waals surface area contributed by atoms with Crippen molar-refractivity contribution in [2.45, 2.75) is 19.3 Å². The number of methoxy groups -OCH3 is 1. The van der Waals surface area contributed by atoms with Crippen LogP contribution in [0.2, 0.25) is 0 Å². The van der Waals surface area contributed by atoms with Crippen LogP contribution >= 0.6 is 0 Å². The Bertz CT molecular complexity index is 347. The zero-order valence-corrected chi connectivity index (χ0v) is 7.54. The highest BCUT2D eigenvalue weighted by Crippen LogP contribution is 2.23. The first-order valence-corrected chi connectivity index (χ1v) is 4.38. The first kappa shape index (κ1) is 8.23. The zero-order valence-electron chi connectivity index (χ0n) is 7.54. The first-order chi connectivity index (χ1) is 6.33. The molecular weight excluding hydrogens is 166 g/mol. The van der Waals surface area contributed by atoms with E-state index in [1.54, 1.807) is 12.3 Å². The van der Waals surface area contributed by atoms with Gasteiger partial charge in [0.2, 0.25) is 0 Å². The van der Waals surface area contributed by atoms with E-state index in [4.69, 9.17) is 4.74 Å². The van der Waals surface area contributed by atoms with Crippen LogP contribution in [0.1, 0.15) is 28.0 Å². The summed E-state index contributed by atoms with van der Waals surface area (Å²) in [7, 11) is 1.41. The number of aryl methyl sites for hydroxylation is 1. The molecule has 0 saturated carbocycles. The van der Waals surface area contributed by atoms with Crippen LogP contribution in [-0.2, 0) is 17.6 Å². The van der Waals surface area contributed by atoms with E-state index in [2.05, 4.69) is 4.98 Å². The molecule has 1 aromatic heterocycles. The van der Waals surface area contributed by atoms with Crippen LogP contribution in [0, 0.1) is 0 Å². The molecule has 0 aliphatic heterocycles. The fourth-order valence-corrected chi connectivity index (χ4v) is 1.76. The van der Waals surface area contributed by atoms with Gasteiger partial charge in [0.25, 0.3) is 0 Å². The van der Waals surface area contributed by atoms with E-state index in [1.165, 1.54) is 7.11 Å². The summed E-state index contributed by atoms with van der Waals surface area (Å²) in [5.41, 5.74) is 2.82. The van der Waals surface area contributed by atoms with Gasteiger partial charge < -0.3 is 4.74 Å². The third kappa shape index (κ3) is 1.30. The molecule has 0 atom stereocenters. The standard InChI is InChI=1S/C10H11NO2/c1-13-10(12)8-5-6-11-9-4-2-3-7(8)9/h5-6H,2-4H2,1H3. The van der Waals surface area contributed by atoms with Gasteiger partial charge in [-0.1, -0.05) is 0 Å². The van der Waals surface area contributed by atoms with E-state index in [0.29, 0.717) is 5.56 Å². The minimum absolute atomic E-state index is 0.249. The van der Waals surface area contributed by atoms with Crippen molar-refractivity contribution in [1.82, 2.24) is 4.98 Å². The third-order valence-electron chi connectivity index (χ3n) is 2.39. The van der Waals surface area contributed by atoms with Crippen LogP contribution in [0.3, 0.4) is 0 Å². The number of fused-ring (bicyclic) bond motifs is 1. The van der Waals surface area contributed by atoms with Crippen LogP contribution in [0.5, 0.6) is 0 Å². The van der Waals surface area contributed by atoms with Crippen molar-refractivity contribution in [1.29, 1.82) is 0 Å². The number of ether oxygens (including phenoxy) is 1. The van der Waals surface area contributed by atoms with Gasteiger partial charge in [-0.15, -0.1) is 0 Å². The van der Waals surface area contributed by atoms with Gasteiger partial charge in [0.1, 0.15) is 0 Å². The molecule has 0 N–H and O–H groups in total. The Balaban J connectivity index is 2.47. The van der Waals surface area contributed by atoms with E-state index >= 15 is 0 Å². The molecule has 68 valence electrons. The molecule has 3 nitrogen and oxygen atoms in total. The largest absolute Gasteiger partial charge is 0.465 e. The molecule has 0 aromatic carbocycles. The second-order valence-electron chi connectivity index (χ2n) is 3.13. The van der Waals surface area contributed by atoms with Crippen LogP contribution in [0.15, 0.2) is 12.3 Å². The number of carbonyl (C=O) groups excluding carboxylic acids is 1. The number of carbonyl (C=O) groups is 1. The molecule has 0 bridgehead atoms. The molecule has 0 amide bonds. The van der Waals surface area contributed by atoms with Gasteiger partial charge in [0, 0.05) is 11.9 Å². The molecule has 0 spiro atoms. The molecule has 0 unspecified atom stereocenters. The number of hydrogen-bond donors (Lipinski definition) is 0. The monoisotopic (exact) mass is 177 g/mol. The van der Waals surface area contributed by atoms with Gasteiger partial charge in [-0.05, 0) is 30.9 Å². The highest BCUT2D eigenvalue weighted by molar-refractivity contribution is 5.91. The van der Waals surface area contributed by atoms with E-state index in [9.17, 15) is 4.79 Å². The van der Waals surface area contributed by atoms with Crippen molar-refractivity contribution in [3.8, 4) is 0 Å². The number of pyridine rings is 1. The first-order valence-electron chi connectivity index (χ1n) is 4.38. The quantitative estimate of drug-likeness (QED) is 0.608. The summed E-state index contributed by atoms with van der Waals surface area (Å²) in [4.78, 5) is 15.6. The van der Waals surface area contributed by atoms with Gasteiger partial charge >= 0.3 is 5.97 Å². The van der Waals surface area contributed by atoms with Crippen molar-refractivity contribution in [2.24, 2.45) is 0 Å². The van der Waals surface area contributed by atoms with Gasteiger partial charge in [-0.2, -0.15) is 0 Å². The Morgan fingerprint density at radius 3 is 3.15 bits per heavy atom. The maximum atomic E-state index is 11.3. The average Bonchev–Trinajstić information content (AvgIpc) is 2.63. The molecule has 1 aliphatic rings. The second-order valence-corrected chi connectivity index (χ2v) is 3.13. The predicted molar refractivity (Wildman–Crippen MR) is 47.6 cm³/mol. The molecule has 0 fully saturated rings. The van der Waals surface area contributed by atoms with Crippen molar-refractivity contribution in [3.05, 3.63) is 29.1 Å². The summed E-state index contributed by atoms with van der Waals surface area (Å²) in [6.07, 6.45) is 4.71. The van der Waals surface area contributed by atoms with Gasteiger partial charge in [0.15, 0.2) is 0 Å². The van der Waals surface area contributed by atoms with Crippen molar-refractivity contribution in [3.63, 3.8) is 0 Å². The number of esters is 1. The second kappa shape index (κ2) is 3.17. The number of rotatable bonds is 1. The van der Waals surface area contributed by atoms with E-state index in [0.717, 1.165) is 30.5 Å². The highest BCUT2D eigenvalue weighted by atomic mass is 16.5. The summed E-state index contributed by atoms with van der Waals surface area (Å²) in [5.74, 6) is -0.249. The Labute approximate surface area is 76.7 Å². The van der Waals surface area contributed by atoms with E-state index in [1.807, 2.05) is 0 Å². The smallest absolute Gasteiger partial charge is 0.338 e. The molecule has 3 heteroatoms. The Hall–Kier alpha value is -1.38. The highest BCUT2D eigenvalue weighted by Gasteiger charge is 2.19. The normalized spacial score (nSPS) is 13.9. The lowest BCUT2D eigenvalue weighted by Gasteiger charge is -2.04. The summed E-state index contributed by atoms with van der Waals surface area (Å²) in [6, 6.07) is 1.73. The fraction of sp³-hybridized carbons (Fsp3) is 0.400. The molecule has 13 heavy (non-hydrogen) atoms. The maximum absolute atomic E-state index is 11.3. The number of hydrogen-bond acceptors (Lipinski definition) is 3. The minimum Gasteiger partial charge on any atom is -0.465 e. The molecule has 1 aliphatic carbocycles. The number of nitrogens with zero attached hydrogens (tertiary/aromatic N) is 1.